The maximum Gasteiger partial charge on any atom is 0.134 e. The van der Waals surface area contributed by atoms with E-state index in [1.807, 2.05) is 36.7 Å². The van der Waals surface area contributed by atoms with E-state index in [9.17, 15) is 0 Å². The van der Waals surface area contributed by atoms with E-state index in [1.165, 1.54) is 11.3 Å². The highest BCUT2D eigenvalue weighted by Gasteiger charge is 2.33. The highest BCUT2D eigenvalue weighted by Crippen LogP contribution is 2.36. The van der Waals surface area contributed by atoms with Gasteiger partial charge in [-0.3, -0.25) is 9.88 Å². The van der Waals surface area contributed by atoms with E-state index in [1.54, 1.807) is 6.33 Å². The van der Waals surface area contributed by atoms with Gasteiger partial charge in [0.2, 0.25) is 0 Å². The lowest BCUT2D eigenvalue weighted by Crippen LogP contribution is -2.35. The summed E-state index contributed by atoms with van der Waals surface area (Å²) in [4.78, 5) is 14.5. The second-order valence-corrected chi connectivity index (χ2v) is 6.44. The first kappa shape index (κ1) is 14.4. The number of aromatic amines is 1. The summed E-state index contributed by atoms with van der Waals surface area (Å²) in [6.45, 7) is 1.77. The zero-order valence-electron chi connectivity index (χ0n) is 13.7. The third-order valence-electron chi connectivity index (χ3n) is 4.85. The van der Waals surface area contributed by atoms with Crippen LogP contribution in [0.2, 0.25) is 0 Å². The number of fused-ring (bicyclic) bond motifs is 2. The average Bonchev–Trinajstić information content (AvgIpc) is 3.28. The van der Waals surface area contributed by atoms with Crippen LogP contribution in [0.1, 0.15) is 28.8 Å². The molecule has 0 spiro atoms. The van der Waals surface area contributed by atoms with Crippen LogP contribution < -0.4 is 0 Å². The van der Waals surface area contributed by atoms with Crippen molar-refractivity contribution in [1.82, 2.24) is 19.9 Å². The smallest absolute Gasteiger partial charge is 0.134 e. The van der Waals surface area contributed by atoms with Crippen molar-refractivity contribution >= 4 is 11.0 Å². The molecule has 0 saturated heterocycles. The molecule has 1 aliphatic heterocycles. The topological polar surface area (TPSA) is 58.0 Å². The number of imidazole rings is 1. The molecule has 0 fully saturated rings. The standard InChI is InChI=1S/C20H18N4O/c1-2-6-17-15(5-1)10-18(25-17)20-19-16(22-13-23-19)7-9-24(20)12-14-4-3-8-21-11-14/h1-6,8,10-11,13,20H,7,9,12H2,(H,22,23)/t20-/m0/s1. The fourth-order valence-electron chi connectivity index (χ4n) is 3.67. The molecule has 4 heterocycles. The largest absolute Gasteiger partial charge is 0.459 e. The Morgan fingerprint density at radius 3 is 3.04 bits per heavy atom. The first-order valence-electron chi connectivity index (χ1n) is 8.52. The molecular formula is C20H18N4O. The molecule has 0 amide bonds. The van der Waals surface area contributed by atoms with Crippen molar-refractivity contribution < 1.29 is 4.42 Å². The van der Waals surface area contributed by atoms with E-state index in [0.29, 0.717) is 0 Å². The maximum atomic E-state index is 6.19. The molecule has 0 unspecified atom stereocenters. The fraction of sp³-hybridized carbons (Fsp3) is 0.200. The highest BCUT2D eigenvalue weighted by atomic mass is 16.3. The molecule has 1 atom stereocenters. The number of rotatable bonds is 3. The molecule has 3 aromatic heterocycles. The number of hydrogen-bond acceptors (Lipinski definition) is 4. The van der Waals surface area contributed by atoms with Crippen LogP contribution in [0.4, 0.5) is 0 Å². The van der Waals surface area contributed by atoms with Gasteiger partial charge in [-0.15, -0.1) is 0 Å². The van der Waals surface area contributed by atoms with E-state index in [4.69, 9.17) is 4.42 Å². The van der Waals surface area contributed by atoms with Crippen LogP contribution in [0.3, 0.4) is 0 Å². The third kappa shape index (κ3) is 2.53. The van der Waals surface area contributed by atoms with Crippen LogP contribution in [-0.2, 0) is 13.0 Å². The van der Waals surface area contributed by atoms with Crippen LogP contribution in [0, 0.1) is 0 Å². The number of para-hydroxylation sites is 1. The molecule has 0 aliphatic carbocycles. The molecule has 124 valence electrons. The first-order valence-corrected chi connectivity index (χ1v) is 8.52. The van der Waals surface area contributed by atoms with Crippen LogP contribution >= 0.6 is 0 Å². The second kappa shape index (κ2) is 5.86. The number of nitrogens with zero attached hydrogens (tertiary/aromatic N) is 3. The van der Waals surface area contributed by atoms with Crippen LogP contribution in [0.25, 0.3) is 11.0 Å². The predicted molar refractivity (Wildman–Crippen MR) is 95.0 cm³/mol. The maximum absolute atomic E-state index is 6.19. The lowest BCUT2D eigenvalue weighted by atomic mass is 9.99. The molecule has 5 heteroatoms. The van der Waals surface area contributed by atoms with Crippen molar-refractivity contribution in [1.29, 1.82) is 0 Å². The van der Waals surface area contributed by atoms with Gasteiger partial charge >= 0.3 is 0 Å². The number of nitrogens with one attached hydrogen (secondary N) is 1. The SMILES string of the molecule is c1cncc(CN2CCc3[nH]cnc3[C@@H]2c2cc3ccccc3o2)c1. The van der Waals surface area contributed by atoms with Crippen LogP contribution in [0.15, 0.2) is 65.6 Å². The Kier molecular flexibility index (Phi) is 3.38. The number of H-pyrrole nitrogens is 1. The van der Waals surface area contributed by atoms with Gasteiger partial charge in [-0.2, -0.15) is 0 Å². The molecule has 1 N–H and O–H groups in total. The fourth-order valence-corrected chi connectivity index (χ4v) is 3.67. The summed E-state index contributed by atoms with van der Waals surface area (Å²) in [6, 6.07) is 14.4. The molecule has 1 aromatic carbocycles. The van der Waals surface area contributed by atoms with Crippen molar-refractivity contribution in [3.8, 4) is 0 Å². The van der Waals surface area contributed by atoms with Crippen LogP contribution in [-0.4, -0.2) is 26.4 Å². The number of hydrogen-bond donors (Lipinski definition) is 1. The minimum Gasteiger partial charge on any atom is -0.459 e. The van der Waals surface area contributed by atoms with Gasteiger partial charge in [-0.05, 0) is 23.8 Å². The van der Waals surface area contributed by atoms with Crippen molar-refractivity contribution in [3.05, 3.63) is 83.9 Å². The van der Waals surface area contributed by atoms with E-state index in [2.05, 4.69) is 38.1 Å². The minimum absolute atomic E-state index is 0.0163. The average molecular weight is 330 g/mol. The molecule has 0 saturated carbocycles. The Labute approximate surface area is 145 Å². The summed E-state index contributed by atoms with van der Waals surface area (Å²) in [7, 11) is 0. The summed E-state index contributed by atoms with van der Waals surface area (Å²) in [5, 5.41) is 1.13. The molecule has 0 radical (unpaired) electrons. The van der Waals surface area contributed by atoms with Gasteiger partial charge in [-0.25, -0.2) is 4.98 Å². The lowest BCUT2D eigenvalue weighted by Gasteiger charge is -2.33. The normalized spacial score (nSPS) is 17.7. The zero-order chi connectivity index (χ0) is 16.6. The van der Waals surface area contributed by atoms with Gasteiger partial charge in [0.25, 0.3) is 0 Å². The summed E-state index contributed by atoms with van der Waals surface area (Å²) in [6.07, 6.45) is 6.48. The number of benzene rings is 1. The molecule has 1 aliphatic rings. The van der Waals surface area contributed by atoms with Crippen molar-refractivity contribution in [2.24, 2.45) is 0 Å². The van der Waals surface area contributed by atoms with Gasteiger partial charge in [0.05, 0.1) is 12.0 Å². The second-order valence-electron chi connectivity index (χ2n) is 6.44. The van der Waals surface area contributed by atoms with E-state index in [0.717, 1.165) is 41.9 Å². The summed E-state index contributed by atoms with van der Waals surface area (Å²) < 4.78 is 6.19. The molecule has 4 aromatic rings. The Morgan fingerprint density at radius 1 is 1.20 bits per heavy atom. The van der Waals surface area contributed by atoms with E-state index >= 15 is 0 Å². The summed E-state index contributed by atoms with van der Waals surface area (Å²) >= 11 is 0. The molecular weight excluding hydrogens is 312 g/mol. The minimum atomic E-state index is 0.0163. The highest BCUT2D eigenvalue weighted by molar-refractivity contribution is 5.78. The summed E-state index contributed by atoms with van der Waals surface area (Å²) in [5.41, 5.74) is 4.38. The van der Waals surface area contributed by atoms with Gasteiger partial charge in [0.1, 0.15) is 17.4 Å². The third-order valence-corrected chi connectivity index (χ3v) is 4.85. The van der Waals surface area contributed by atoms with Gasteiger partial charge < -0.3 is 9.40 Å². The molecule has 0 bridgehead atoms. The van der Waals surface area contributed by atoms with Crippen molar-refractivity contribution in [3.63, 3.8) is 0 Å². The number of pyridine rings is 1. The van der Waals surface area contributed by atoms with Crippen molar-refractivity contribution in [2.45, 2.75) is 19.0 Å². The number of aromatic nitrogens is 3. The molecule has 5 nitrogen and oxygen atoms in total. The van der Waals surface area contributed by atoms with Gasteiger partial charge in [0, 0.05) is 43.0 Å². The zero-order valence-corrected chi connectivity index (χ0v) is 13.7. The van der Waals surface area contributed by atoms with Gasteiger partial charge in [0.15, 0.2) is 0 Å². The monoisotopic (exact) mass is 330 g/mol. The Hall–Kier alpha value is -2.92. The predicted octanol–water partition coefficient (Wildman–Crippen LogP) is 3.70. The lowest BCUT2D eigenvalue weighted by molar-refractivity contribution is 0.181. The Balaban J connectivity index is 1.58. The first-order chi connectivity index (χ1) is 12.4. The molecule has 5 rings (SSSR count). The summed E-state index contributed by atoms with van der Waals surface area (Å²) in [5.74, 6) is 0.943. The van der Waals surface area contributed by atoms with Crippen LogP contribution in [0.5, 0.6) is 0 Å². The molecule has 25 heavy (non-hydrogen) atoms. The van der Waals surface area contributed by atoms with Crippen molar-refractivity contribution in [2.75, 3.05) is 6.54 Å². The van der Waals surface area contributed by atoms with E-state index in [-0.39, 0.29) is 6.04 Å². The Bertz CT molecular complexity index is 972. The van der Waals surface area contributed by atoms with Gasteiger partial charge in [-0.1, -0.05) is 24.3 Å². The number of furan rings is 1. The quantitative estimate of drug-likeness (QED) is 0.622. The van der Waals surface area contributed by atoms with E-state index < -0.39 is 0 Å². The Morgan fingerprint density at radius 2 is 2.16 bits per heavy atom.